The zero-order chi connectivity index (χ0) is 15.7. The second kappa shape index (κ2) is 5.81. The minimum Gasteiger partial charge on any atom is -0.493 e. The Labute approximate surface area is 128 Å². The van der Waals surface area contributed by atoms with Crippen molar-refractivity contribution in [3.63, 3.8) is 0 Å². The molecule has 1 heterocycles. The van der Waals surface area contributed by atoms with Gasteiger partial charge in [0, 0.05) is 11.6 Å². The summed E-state index contributed by atoms with van der Waals surface area (Å²) in [5, 5.41) is 0.361. The van der Waals surface area contributed by atoms with Crippen LogP contribution in [0.2, 0.25) is 5.02 Å². The molecule has 0 saturated carbocycles. The van der Waals surface area contributed by atoms with E-state index in [0.717, 1.165) is 0 Å². The molecule has 0 radical (unpaired) electrons. The van der Waals surface area contributed by atoms with Gasteiger partial charge >= 0.3 is 6.03 Å². The highest BCUT2D eigenvalue weighted by Gasteiger charge is 2.38. The third-order valence-electron chi connectivity index (χ3n) is 3.37. The smallest absolute Gasteiger partial charge is 0.346 e. The summed E-state index contributed by atoms with van der Waals surface area (Å²) in [6.45, 7) is 3.79. The highest BCUT2D eigenvalue weighted by Crippen LogP contribution is 2.42. The van der Waals surface area contributed by atoms with E-state index in [9.17, 15) is 4.79 Å². The van der Waals surface area contributed by atoms with Crippen LogP contribution in [0, 0.1) is 0 Å². The first-order valence-electron chi connectivity index (χ1n) is 6.49. The van der Waals surface area contributed by atoms with Gasteiger partial charge in [-0.3, -0.25) is 0 Å². The van der Waals surface area contributed by atoms with Crippen molar-refractivity contribution in [2.45, 2.75) is 25.9 Å². The molecule has 1 aromatic carbocycles. The van der Waals surface area contributed by atoms with Gasteiger partial charge in [0.1, 0.15) is 11.9 Å². The highest BCUT2D eigenvalue weighted by molar-refractivity contribution is 6.33. The van der Waals surface area contributed by atoms with Crippen molar-refractivity contribution in [2.75, 3.05) is 14.2 Å². The van der Waals surface area contributed by atoms with Crippen molar-refractivity contribution in [3.8, 4) is 11.5 Å². The predicted octanol–water partition coefficient (Wildman–Crippen LogP) is 2.60. The van der Waals surface area contributed by atoms with E-state index in [-0.39, 0.29) is 17.9 Å². The van der Waals surface area contributed by atoms with Gasteiger partial charge in [-0.2, -0.15) is 4.99 Å². The summed E-state index contributed by atoms with van der Waals surface area (Å²) >= 11 is 6.40. The molecule has 21 heavy (non-hydrogen) atoms. The van der Waals surface area contributed by atoms with Crippen LogP contribution in [0.5, 0.6) is 11.5 Å². The fraction of sp³-hybridized carbons (Fsp3) is 0.429. The predicted molar refractivity (Wildman–Crippen MR) is 81.3 cm³/mol. The van der Waals surface area contributed by atoms with Crippen molar-refractivity contribution in [3.05, 3.63) is 22.7 Å². The van der Waals surface area contributed by atoms with Gasteiger partial charge in [-0.1, -0.05) is 17.7 Å². The summed E-state index contributed by atoms with van der Waals surface area (Å²) in [6.07, 6.45) is 0. The summed E-state index contributed by atoms with van der Waals surface area (Å²) < 4.78 is 10.5. The number of urea groups is 1. The number of aliphatic imine (C=N–C) groups is 1. The van der Waals surface area contributed by atoms with Crippen LogP contribution in [-0.4, -0.2) is 37.0 Å². The highest BCUT2D eigenvalue weighted by atomic mass is 35.5. The first-order chi connectivity index (χ1) is 9.92. The number of nitrogens with zero attached hydrogens (tertiary/aromatic N) is 2. The lowest BCUT2D eigenvalue weighted by molar-refractivity contribution is 0.190. The number of nitrogens with two attached hydrogens (primary N) is 1. The van der Waals surface area contributed by atoms with Gasteiger partial charge in [-0.15, -0.1) is 0 Å². The summed E-state index contributed by atoms with van der Waals surface area (Å²) in [5.41, 5.74) is 6.58. The van der Waals surface area contributed by atoms with Gasteiger partial charge in [0.2, 0.25) is 0 Å². The van der Waals surface area contributed by atoms with Crippen molar-refractivity contribution in [1.29, 1.82) is 0 Å². The molecule has 1 aliphatic heterocycles. The fourth-order valence-electron chi connectivity index (χ4n) is 2.43. The second-order valence-electron chi connectivity index (χ2n) is 4.93. The Hall–Kier alpha value is -1.95. The van der Waals surface area contributed by atoms with Gasteiger partial charge in [0.15, 0.2) is 11.5 Å². The van der Waals surface area contributed by atoms with Crippen LogP contribution in [0.1, 0.15) is 25.5 Å². The molecular weight excluding hydrogens is 294 g/mol. The van der Waals surface area contributed by atoms with Crippen LogP contribution in [0.25, 0.3) is 0 Å². The van der Waals surface area contributed by atoms with E-state index in [0.29, 0.717) is 22.1 Å². The molecule has 1 aromatic rings. The maximum absolute atomic E-state index is 12.0. The normalized spacial score (nSPS) is 18.2. The molecule has 0 fully saturated rings. The maximum Gasteiger partial charge on any atom is 0.346 e. The number of hydrogen-bond donors (Lipinski definition) is 1. The number of carbonyl (C=O) groups excluding carboxylic acids is 1. The molecule has 2 rings (SSSR count). The van der Waals surface area contributed by atoms with Gasteiger partial charge in [0.05, 0.1) is 19.2 Å². The molecule has 0 aromatic heterocycles. The molecule has 1 unspecified atom stereocenters. The quantitative estimate of drug-likeness (QED) is 0.927. The lowest BCUT2D eigenvalue weighted by Gasteiger charge is -2.29. The molecule has 1 atom stereocenters. The van der Waals surface area contributed by atoms with Gasteiger partial charge < -0.3 is 20.1 Å². The second-order valence-corrected chi connectivity index (χ2v) is 5.31. The molecule has 2 amide bonds. The number of methoxy groups -OCH3 is 2. The average Bonchev–Trinajstić information content (AvgIpc) is 2.73. The number of ether oxygens (including phenoxy) is 2. The molecule has 7 heteroatoms. The Morgan fingerprint density at radius 2 is 2.00 bits per heavy atom. The first kappa shape index (κ1) is 15.4. The monoisotopic (exact) mass is 311 g/mol. The van der Waals surface area contributed by atoms with E-state index in [1.165, 1.54) is 14.2 Å². The zero-order valence-corrected chi connectivity index (χ0v) is 13.1. The SMILES string of the molecule is COc1ccc(C2C(N)=NC(=O)N2C(C)C)c(Cl)c1OC. The van der Waals surface area contributed by atoms with Crippen molar-refractivity contribution in [1.82, 2.24) is 4.90 Å². The van der Waals surface area contributed by atoms with E-state index in [4.69, 9.17) is 26.8 Å². The molecule has 6 nitrogen and oxygen atoms in total. The van der Waals surface area contributed by atoms with Crippen LogP contribution in [0.15, 0.2) is 17.1 Å². The Kier molecular flexibility index (Phi) is 4.27. The summed E-state index contributed by atoms with van der Waals surface area (Å²) in [4.78, 5) is 17.4. The molecule has 114 valence electrons. The molecule has 0 bridgehead atoms. The third kappa shape index (κ3) is 2.51. The average molecular weight is 312 g/mol. The standard InChI is InChI=1S/C14H18ClN3O3/c1-7(2)18-11(13(16)17-14(18)19)8-5-6-9(20-3)12(21-4)10(8)15/h5-7,11H,1-4H3,(H2,16,17,19). The molecule has 0 saturated heterocycles. The molecule has 0 aliphatic carbocycles. The van der Waals surface area contributed by atoms with Gasteiger partial charge in [-0.25, -0.2) is 4.79 Å². The van der Waals surface area contributed by atoms with E-state index in [1.807, 2.05) is 13.8 Å². The van der Waals surface area contributed by atoms with E-state index < -0.39 is 6.04 Å². The number of halogens is 1. The van der Waals surface area contributed by atoms with E-state index >= 15 is 0 Å². The van der Waals surface area contributed by atoms with Crippen LogP contribution in [0.3, 0.4) is 0 Å². The summed E-state index contributed by atoms with van der Waals surface area (Å²) in [6, 6.07) is 2.58. The Morgan fingerprint density at radius 3 is 2.52 bits per heavy atom. The maximum atomic E-state index is 12.0. The number of amides is 2. The van der Waals surface area contributed by atoms with Crippen LogP contribution in [0.4, 0.5) is 4.79 Å². The molecule has 2 N–H and O–H groups in total. The molecule has 1 aliphatic rings. The van der Waals surface area contributed by atoms with E-state index in [1.54, 1.807) is 17.0 Å². The Morgan fingerprint density at radius 1 is 1.33 bits per heavy atom. The lowest BCUT2D eigenvalue weighted by Crippen LogP contribution is -2.38. The lowest BCUT2D eigenvalue weighted by atomic mass is 10.0. The number of benzene rings is 1. The van der Waals surface area contributed by atoms with Crippen molar-refractivity contribution in [2.24, 2.45) is 10.7 Å². The van der Waals surface area contributed by atoms with Gasteiger partial charge in [-0.05, 0) is 19.9 Å². The van der Waals surface area contributed by atoms with Crippen molar-refractivity contribution < 1.29 is 14.3 Å². The van der Waals surface area contributed by atoms with Crippen LogP contribution in [-0.2, 0) is 0 Å². The summed E-state index contributed by atoms with van der Waals surface area (Å²) in [7, 11) is 3.04. The molecular formula is C14H18ClN3O3. The Balaban J connectivity index is 2.55. The minimum atomic E-state index is -0.496. The third-order valence-corrected chi connectivity index (χ3v) is 3.76. The zero-order valence-electron chi connectivity index (χ0n) is 12.4. The Bertz CT molecular complexity index is 601. The number of carbonyl (C=O) groups is 1. The number of rotatable bonds is 4. The first-order valence-corrected chi connectivity index (χ1v) is 6.86. The largest absolute Gasteiger partial charge is 0.493 e. The number of amidine groups is 1. The van der Waals surface area contributed by atoms with Crippen molar-refractivity contribution >= 4 is 23.5 Å². The minimum absolute atomic E-state index is 0.0588. The number of hydrogen-bond acceptors (Lipinski definition) is 4. The molecule has 0 spiro atoms. The fourth-order valence-corrected chi connectivity index (χ4v) is 2.76. The van der Waals surface area contributed by atoms with Gasteiger partial charge in [0.25, 0.3) is 0 Å². The van der Waals surface area contributed by atoms with Crippen LogP contribution >= 0.6 is 11.6 Å². The summed E-state index contributed by atoms with van der Waals surface area (Å²) in [5.74, 6) is 1.15. The van der Waals surface area contributed by atoms with E-state index in [2.05, 4.69) is 4.99 Å². The van der Waals surface area contributed by atoms with Crippen LogP contribution < -0.4 is 15.2 Å². The topological polar surface area (TPSA) is 77.2 Å².